The number of aryl methyl sites for hydroxylation is 1. The Morgan fingerprint density at radius 3 is 2.67 bits per heavy atom. The molecule has 2 rings (SSSR count). The van der Waals surface area contributed by atoms with Crippen molar-refractivity contribution in [2.45, 2.75) is 20.0 Å². The van der Waals surface area contributed by atoms with Crippen molar-refractivity contribution >= 4 is 5.91 Å². The van der Waals surface area contributed by atoms with Crippen LogP contribution in [0.5, 0.6) is 5.75 Å². The summed E-state index contributed by atoms with van der Waals surface area (Å²) in [4.78, 5) is 14.3. The van der Waals surface area contributed by atoms with E-state index in [0.29, 0.717) is 6.54 Å². The molecule has 1 aliphatic heterocycles. The zero-order valence-electron chi connectivity index (χ0n) is 12.8. The fourth-order valence-corrected chi connectivity index (χ4v) is 2.18. The lowest BCUT2D eigenvalue weighted by Gasteiger charge is -2.26. The van der Waals surface area contributed by atoms with Gasteiger partial charge in [0.1, 0.15) is 5.75 Å². The van der Waals surface area contributed by atoms with Crippen LogP contribution in [0.2, 0.25) is 0 Å². The Labute approximate surface area is 126 Å². The molecular weight excluding hydrogens is 268 g/mol. The summed E-state index contributed by atoms with van der Waals surface area (Å²) < 4.78 is 10.9. The zero-order chi connectivity index (χ0) is 15.1. The predicted molar refractivity (Wildman–Crippen MR) is 81.5 cm³/mol. The van der Waals surface area contributed by atoms with Gasteiger partial charge in [0.25, 0.3) is 5.91 Å². The second-order valence-corrected chi connectivity index (χ2v) is 5.32. The van der Waals surface area contributed by atoms with Crippen molar-refractivity contribution in [2.24, 2.45) is 0 Å². The lowest BCUT2D eigenvalue weighted by molar-refractivity contribution is -0.127. The second kappa shape index (κ2) is 8.00. The van der Waals surface area contributed by atoms with Crippen LogP contribution in [0.4, 0.5) is 0 Å². The van der Waals surface area contributed by atoms with E-state index in [1.807, 2.05) is 31.2 Å². The van der Waals surface area contributed by atoms with Crippen LogP contribution in [0.3, 0.4) is 0 Å². The molecular formula is C16H24N2O3. The standard InChI is InChI=1S/C16H24N2O3/c1-13-3-5-15(6-4-13)21-14(2)16(19)17-7-8-18-9-11-20-12-10-18/h3-6,14H,7-12H2,1-2H3,(H,17,19)/t14-/m1/s1. The second-order valence-electron chi connectivity index (χ2n) is 5.32. The Bertz CT molecular complexity index is 441. The number of morpholine rings is 1. The molecule has 0 aliphatic carbocycles. The fraction of sp³-hybridized carbons (Fsp3) is 0.562. The minimum atomic E-state index is -0.489. The molecule has 1 fully saturated rings. The Balaban J connectivity index is 1.68. The Morgan fingerprint density at radius 1 is 1.33 bits per heavy atom. The summed E-state index contributed by atoms with van der Waals surface area (Å²) in [7, 11) is 0. The van der Waals surface area contributed by atoms with E-state index in [-0.39, 0.29) is 5.91 Å². The minimum Gasteiger partial charge on any atom is -0.481 e. The number of hydrogen-bond donors (Lipinski definition) is 1. The van der Waals surface area contributed by atoms with E-state index >= 15 is 0 Å². The van der Waals surface area contributed by atoms with Gasteiger partial charge in [0.15, 0.2) is 6.10 Å². The van der Waals surface area contributed by atoms with Gasteiger partial charge in [-0.25, -0.2) is 0 Å². The predicted octanol–water partition coefficient (Wildman–Crippen LogP) is 1.21. The first-order chi connectivity index (χ1) is 10.1. The number of ether oxygens (including phenoxy) is 2. The van der Waals surface area contributed by atoms with E-state index in [1.165, 1.54) is 5.56 Å². The summed E-state index contributed by atoms with van der Waals surface area (Å²) >= 11 is 0. The third-order valence-corrected chi connectivity index (χ3v) is 3.53. The van der Waals surface area contributed by atoms with Crippen LogP contribution in [-0.2, 0) is 9.53 Å². The number of hydrogen-bond acceptors (Lipinski definition) is 4. The Kier molecular flexibility index (Phi) is 6.02. The molecule has 5 nitrogen and oxygen atoms in total. The van der Waals surface area contributed by atoms with Crippen LogP contribution < -0.4 is 10.1 Å². The van der Waals surface area contributed by atoms with E-state index in [4.69, 9.17) is 9.47 Å². The highest BCUT2D eigenvalue weighted by Gasteiger charge is 2.15. The third kappa shape index (κ3) is 5.36. The maximum Gasteiger partial charge on any atom is 0.260 e. The van der Waals surface area contributed by atoms with Crippen LogP contribution in [-0.4, -0.2) is 56.3 Å². The molecule has 5 heteroatoms. The van der Waals surface area contributed by atoms with Crippen LogP contribution in [0.15, 0.2) is 24.3 Å². The van der Waals surface area contributed by atoms with Gasteiger partial charge in [-0.15, -0.1) is 0 Å². The molecule has 1 amide bonds. The van der Waals surface area contributed by atoms with Crippen molar-refractivity contribution < 1.29 is 14.3 Å². The highest BCUT2D eigenvalue weighted by molar-refractivity contribution is 5.80. The first-order valence-electron chi connectivity index (χ1n) is 7.46. The first-order valence-corrected chi connectivity index (χ1v) is 7.46. The molecule has 1 atom stereocenters. The van der Waals surface area contributed by atoms with Gasteiger partial charge in [-0.05, 0) is 26.0 Å². The van der Waals surface area contributed by atoms with Gasteiger partial charge in [-0.3, -0.25) is 9.69 Å². The minimum absolute atomic E-state index is 0.0798. The van der Waals surface area contributed by atoms with Crippen molar-refractivity contribution in [2.75, 3.05) is 39.4 Å². The van der Waals surface area contributed by atoms with Gasteiger partial charge < -0.3 is 14.8 Å². The number of nitrogens with one attached hydrogen (secondary N) is 1. The van der Waals surface area contributed by atoms with Gasteiger partial charge in [0.2, 0.25) is 0 Å². The summed E-state index contributed by atoms with van der Waals surface area (Å²) in [6.07, 6.45) is -0.489. The van der Waals surface area contributed by atoms with E-state index in [2.05, 4.69) is 10.2 Å². The molecule has 1 aromatic rings. The SMILES string of the molecule is Cc1ccc(O[C@H](C)C(=O)NCCN2CCOCC2)cc1. The van der Waals surface area contributed by atoms with Crippen molar-refractivity contribution in [3.63, 3.8) is 0 Å². The molecule has 21 heavy (non-hydrogen) atoms. The number of amides is 1. The van der Waals surface area contributed by atoms with Crippen molar-refractivity contribution in [3.8, 4) is 5.75 Å². The molecule has 0 aromatic heterocycles. The van der Waals surface area contributed by atoms with Gasteiger partial charge in [0.05, 0.1) is 13.2 Å². The lowest BCUT2D eigenvalue weighted by Crippen LogP contribution is -2.43. The molecule has 1 heterocycles. The number of rotatable bonds is 6. The molecule has 0 spiro atoms. The molecule has 1 N–H and O–H groups in total. The van der Waals surface area contributed by atoms with Gasteiger partial charge in [-0.2, -0.15) is 0 Å². The number of benzene rings is 1. The van der Waals surface area contributed by atoms with Crippen LogP contribution >= 0.6 is 0 Å². The third-order valence-electron chi connectivity index (χ3n) is 3.53. The van der Waals surface area contributed by atoms with Gasteiger partial charge in [-0.1, -0.05) is 17.7 Å². The number of nitrogens with zero attached hydrogens (tertiary/aromatic N) is 1. The fourth-order valence-electron chi connectivity index (χ4n) is 2.18. The largest absolute Gasteiger partial charge is 0.481 e. The molecule has 0 bridgehead atoms. The van der Waals surface area contributed by atoms with Crippen LogP contribution in [0.25, 0.3) is 0 Å². The normalized spacial score (nSPS) is 17.2. The van der Waals surface area contributed by atoms with Crippen molar-refractivity contribution in [1.82, 2.24) is 10.2 Å². The van der Waals surface area contributed by atoms with Crippen LogP contribution in [0.1, 0.15) is 12.5 Å². The van der Waals surface area contributed by atoms with Crippen molar-refractivity contribution in [1.29, 1.82) is 0 Å². The highest BCUT2D eigenvalue weighted by Crippen LogP contribution is 2.13. The van der Waals surface area contributed by atoms with Crippen molar-refractivity contribution in [3.05, 3.63) is 29.8 Å². The summed E-state index contributed by atoms with van der Waals surface area (Å²) in [5, 5.41) is 2.91. The van der Waals surface area contributed by atoms with E-state index in [1.54, 1.807) is 6.92 Å². The Morgan fingerprint density at radius 2 is 2.00 bits per heavy atom. The monoisotopic (exact) mass is 292 g/mol. The van der Waals surface area contributed by atoms with Gasteiger partial charge >= 0.3 is 0 Å². The van der Waals surface area contributed by atoms with Gasteiger partial charge in [0, 0.05) is 26.2 Å². The highest BCUT2D eigenvalue weighted by atomic mass is 16.5. The van der Waals surface area contributed by atoms with E-state index in [9.17, 15) is 4.79 Å². The first kappa shape index (κ1) is 15.8. The molecule has 1 aliphatic rings. The summed E-state index contributed by atoms with van der Waals surface area (Å²) in [6.45, 7) is 8.71. The molecule has 1 aromatic carbocycles. The average molecular weight is 292 g/mol. The summed E-state index contributed by atoms with van der Waals surface area (Å²) in [5.74, 6) is 0.639. The zero-order valence-corrected chi connectivity index (χ0v) is 12.8. The smallest absolute Gasteiger partial charge is 0.260 e. The topological polar surface area (TPSA) is 50.8 Å². The molecule has 0 unspecified atom stereocenters. The van der Waals surface area contributed by atoms with Crippen LogP contribution in [0, 0.1) is 6.92 Å². The molecule has 116 valence electrons. The molecule has 1 saturated heterocycles. The Hall–Kier alpha value is -1.59. The number of carbonyl (C=O) groups excluding carboxylic acids is 1. The van der Waals surface area contributed by atoms with E-state index < -0.39 is 6.10 Å². The lowest BCUT2D eigenvalue weighted by atomic mass is 10.2. The summed E-state index contributed by atoms with van der Waals surface area (Å²) in [5.41, 5.74) is 1.17. The quantitative estimate of drug-likeness (QED) is 0.856. The average Bonchev–Trinajstić information content (AvgIpc) is 2.50. The molecule has 0 saturated carbocycles. The number of carbonyl (C=O) groups is 1. The summed E-state index contributed by atoms with van der Waals surface area (Å²) in [6, 6.07) is 7.70. The molecule has 0 radical (unpaired) electrons. The maximum absolute atomic E-state index is 12.0. The van der Waals surface area contributed by atoms with E-state index in [0.717, 1.165) is 38.6 Å². The maximum atomic E-state index is 12.0.